The van der Waals surface area contributed by atoms with Crippen LogP contribution in [-0.2, 0) is 6.42 Å². The van der Waals surface area contributed by atoms with Gasteiger partial charge >= 0.3 is 0 Å². The van der Waals surface area contributed by atoms with Crippen LogP contribution in [0.2, 0.25) is 0 Å². The zero-order valence-electron chi connectivity index (χ0n) is 9.51. The average Bonchev–Trinajstić information content (AvgIpc) is 2.70. The molecule has 0 radical (unpaired) electrons. The number of nitro groups is 1. The predicted octanol–water partition coefficient (Wildman–Crippen LogP) is 2.53. The van der Waals surface area contributed by atoms with Gasteiger partial charge in [0, 0.05) is 17.2 Å². The van der Waals surface area contributed by atoms with E-state index in [1.54, 1.807) is 0 Å². The summed E-state index contributed by atoms with van der Waals surface area (Å²) >= 11 is 0. The van der Waals surface area contributed by atoms with E-state index in [4.69, 9.17) is 10.3 Å². The summed E-state index contributed by atoms with van der Waals surface area (Å²) in [6, 6.07) is 3.35. The number of halogens is 1. The Morgan fingerprint density at radius 2 is 2.28 bits per heavy atom. The highest BCUT2D eigenvalue weighted by Crippen LogP contribution is 2.31. The Morgan fingerprint density at radius 1 is 1.56 bits per heavy atom. The van der Waals surface area contributed by atoms with Crippen molar-refractivity contribution in [2.75, 3.05) is 5.73 Å². The van der Waals surface area contributed by atoms with Crippen molar-refractivity contribution in [3.05, 3.63) is 39.7 Å². The van der Waals surface area contributed by atoms with E-state index in [0.29, 0.717) is 12.0 Å². The Kier molecular flexibility index (Phi) is 2.97. The number of nitrogens with zero attached hydrogens (tertiary/aromatic N) is 2. The highest BCUT2D eigenvalue weighted by molar-refractivity contribution is 5.68. The highest BCUT2D eigenvalue weighted by atomic mass is 19.1. The van der Waals surface area contributed by atoms with Gasteiger partial charge in [-0.25, -0.2) is 4.39 Å². The van der Waals surface area contributed by atoms with E-state index >= 15 is 0 Å². The van der Waals surface area contributed by atoms with Crippen molar-refractivity contribution >= 4 is 11.6 Å². The molecule has 0 aliphatic heterocycles. The van der Waals surface area contributed by atoms with Gasteiger partial charge in [-0.05, 0) is 12.5 Å². The lowest BCUT2D eigenvalue weighted by atomic mass is 10.0. The van der Waals surface area contributed by atoms with Gasteiger partial charge in [-0.2, -0.15) is 0 Å². The second-order valence-electron chi connectivity index (χ2n) is 3.65. The molecule has 7 heteroatoms. The first-order valence-corrected chi connectivity index (χ1v) is 5.23. The Balaban J connectivity index is 2.54. The molecule has 0 atom stereocenters. The number of anilines is 1. The molecule has 0 amide bonds. The predicted molar refractivity (Wildman–Crippen MR) is 62.3 cm³/mol. The lowest BCUT2D eigenvalue weighted by Crippen LogP contribution is -1.94. The maximum Gasteiger partial charge on any atom is 0.272 e. The van der Waals surface area contributed by atoms with Crippen molar-refractivity contribution in [3.8, 4) is 11.3 Å². The van der Waals surface area contributed by atoms with Crippen molar-refractivity contribution in [3.63, 3.8) is 0 Å². The second kappa shape index (κ2) is 4.44. The van der Waals surface area contributed by atoms with Crippen molar-refractivity contribution in [2.45, 2.75) is 13.3 Å². The topological polar surface area (TPSA) is 95.2 Å². The molecule has 0 saturated carbocycles. The Labute approximate surface area is 101 Å². The fraction of sp³-hybridized carbons (Fsp3) is 0.182. The van der Waals surface area contributed by atoms with Gasteiger partial charge in [0.2, 0.25) is 5.88 Å². The molecule has 0 bridgehead atoms. The van der Waals surface area contributed by atoms with Crippen molar-refractivity contribution in [2.24, 2.45) is 0 Å². The Hall–Kier alpha value is -2.44. The Bertz CT molecular complexity index is 610. The number of benzene rings is 1. The molecule has 0 aliphatic rings. The molecule has 0 saturated heterocycles. The van der Waals surface area contributed by atoms with Crippen LogP contribution in [0.5, 0.6) is 0 Å². The van der Waals surface area contributed by atoms with Crippen molar-refractivity contribution in [1.82, 2.24) is 5.16 Å². The first-order valence-electron chi connectivity index (χ1n) is 5.23. The minimum atomic E-state index is -0.729. The summed E-state index contributed by atoms with van der Waals surface area (Å²) in [5, 5.41) is 14.2. The fourth-order valence-corrected chi connectivity index (χ4v) is 1.68. The summed E-state index contributed by atoms with van der Waals surface area (Å²) in [4.78, 5) is 9.85. The number of nitrogens with two attached hydrogens (primary N) is 1. The van der Waals surface area contributed by atoms with Gasteiger partial charge in [0.1, 0.15) is 11.5 Å². The SMILES string of the molecule is CCc1c(-c2ccc([N+](=O)[O-])cc2F)noc1N. The molecule has 2 rings (SSSR count). The lowest BCUT2D eigenvalue weighted by molar-refractivity contribution is -0.385. The maximum absolute atomic E-state index is 13.8. The largest absolute Gasteiger partial charge is 0.367 e. The van der Waals surface area contributed by atoms with Crippen LogP contribution in [0.4, 0.5) is 16.0 Å². The number of hydrogen-bond donors (Lipinski definition) is 1. The number of nitro benzene ring substituents is 1. The number of hydrogen-bond acceptors (Lipinski definition) is 5. The molecular weight excluding hydrogens is 241 g/mol. The molecule has 6 nitrogen and oxygen atoms in total. The minimum Gasteiger partial charge on any atom is -0.367 e. The summed E-state index contributed by atoms with van der Waals surface area (Å²) in [6.07, 6.45) is 0.529. The minimum absolute atomic E-state index is 0.130. The third-order valence-corrected chi connectivity index (χ3v) is 2.59. The summed E-state index contributed by atoms with van der Waals surface area (Å²) in [6.45, 7) is 1.83. The zero-order chi connectivity index (χ0) is 13.3. The molecule has 2 N–H and O–H groups in total. The van der Waals surface area contributed by atoms with Gasteiger partial charge < -0.3 is 10.3 Å². The van der Waals surface area contributed by atoms with Crippen molar-refractivity contribution in [1.29, 1.82) is 0 Å². The molecule has 1 heterocycles. The highest BCUT2D eigenvalue weighted by Gasteiger charge is 2.19. The summed E-state index contributed by atoms with van der Waals surface area (Å²) < 4.78 is 18.6. The van der Waals surface area contributed by atoms with E-state index < -0.39 is 10.7 Å². The molecular formula is C11H10FN3O3. The van der Waals surface area contributed by atoms with Gasteiger partial charge in [0.05, 0.1) is 11.0 Å². The first kappa shape index (κ1) is 12.0. The molecule has 1 aromatic carbocycles. The second-order valence-corrected chi connectivity index (χ2v) is 3.65. The fourth-order valence-electron chi connectivity index (χ4n) is 1.68. The van der Waals surface area contributed by atoms with Crippen LogP contribution < -0.4 is 5.73 Å². The number of non-ortho nitro benzene ring substituents is 1. The van der Waals surface area contributed by atoms with Gasteiger partial charge in [-0.15, -0.1) is 0 Å². The third kappa shape index (κ3) is 1.90. The number of aromatic nitrogens is 1. The van der Waals surface area contributed by atoms with E-state index in [-0.39, 0.29) is 22.8 Å². The van der Waals surface area contributed by atoms with Crippen LogP contribution in [0.25, 0.3) is 11.3 Å². The van der Waals surface area contributed by atoms with Crippen LogP contribution >= 0.6 is 0 Å². The van der Waals surface area contributed by atoms with Crippen LogP contribution in [-0.4, -0.2) is 10.1 Å². The zero-order valence-corrected chi connectivity index (χ0v) is 9.51. The quantitative estimate of drug-likeness (QED) is 0.668. The summed E-state index contributed by atoms with van der Waals surface area (Å²) in [5.41, 5.74) is 6.25. The van der Waals surface area contributed by atoms with Gasteiger partial charge in [0.25, 0.3) is 5.69 Å². The van der Waals surface area contributed by atoms with Crippen LogP contribution in [0.3, 0.4) is 0 Å². The normalized spacial score (nSPS) is 10.6. The molecule has 0 spiro atoms. The average molecular weight is 251 g/mol. The van der Waals surface area contributed by atoms with Crippen molar-refractivity contribution < 1.29 is 13.8 Å². The van der Waals surface area contributed by atoms with Gasteiger partial charge in [-0.3, -0.25) is 10.1 Å². The van der Waals surface area contributed by atoms with E-state index in [1.165, 1.54) is 12.1 Å². The summed E-state index contributed by atoms with van der Waals surface area (Å²) in [5.74, 6) is -0.600. The van der Waals surface area contributed by atoms with Gasteiger partial charge in [0.15, 0.2) is 0 Å². The maximum atomic E-state index is 13.8. The third-order valence-electron chi connectivity index (χ3n) is 2.59. The first-order chi connectivity index (χ1) is 8.54. The van der Waals surface area contributed by atoms with E-state index in [0.717, 1.165) is 6.07 Å². The van der Waals surface area contributed by atoms with Crippen LogP contribution in [0.15, 0.2) is 22.7 Å². The smallest absolute Gasteiger partial charge is 0.272 e. The molecule has 0 unspecified atom stereocenters. The number of rotatable bonds is 3. The molecule has 2 aromatic rings. The van der Waals surface area contributed by atoms with Crippen LogP contribution in [0.1, 0.15) is 12.5 Å². The number of nitrogen functional groups attached to an aromatic ring is 1. The molecule has 0 fully saturated rings. The monoisotopic (exact) mass is 251 g/mol. The molecule has 1 aromatic heterocycles. The lowest BCUT2D eigenvalue weighted by Gasteiger charge is -2.01. The summed E-state index contributed by atoms with van der Waals surface area (Å²) in [7, 11) is 0. The molecule has 0 aliphatic carbocycles. The van der Waals surface area contributed by atoms with E-state index in [9.17, 15) is 14.5 Å². The molecule has 18 heavy (non-hydrogen) atoms. The van der Waals surface area contributed by atoms with Gasteiger partial charge in [-0.1, -0.05) is 12.1 Å². The Morgan fingerprint density at radius 3 is 2.83 bits per heavy atom. The molecule has 94 valence electrons. The standard InChI is InChI=1S/C11H10FN3O3/c1-2-7-10(14-18-11(7)13)8-4-3-6(15(16)17)5-9(8)12/h3-5H,2,13H2,1H3. The van der Waals surface area contributed by atoms with Crippen LogP contribution in [0, 0.1) is 15.9 Å². The van der Waals surface area contributed by atoms with E-state index in [1.807, 2.05) is 6.92 Å². The van der Waals surface area contributed by atoms with E-state index in [2.05, 4.69) is 5.16 Å².